The van der Waals surface area contributed by atoms with Gasteiger partial charge in [-0.3, -0.25) is 20.2 Å². The minimum atomic E-state index is -0.470. The van der Waals surface area contributed by atoms with Crippen LogP contribution in [0.4, 0.5) is 11.4 Å². The van der Waals surface area contributed by atoms with Crippen molar-refractivity contribution < 1.29 is 19.3 Å². The monoisotopic (exact) mass is 460 g/mol. The fraction of sp³-hybridized carbons (Fsp3) is 0. The molecule has 0 fully saturated rings. The van der Waals surface area contributed by atoms with Gasteiger partial charge in [-0.2, -0.15) is 0 Å². The third-order valence-electron chi connectivity index (χ3n) is 4.44. The van der Waals surface area contributed by atoms with E-state index in [9.17, 15) is 20.2 Å². The number of hydrogen-bond acceptors (Lipinski definition) is 7. The van der Waals surface area contributed by atoms with Crippen LogP contribution in [-0.2, 0) is 0 Å². The van der Waals surface area contributed by atoms with E-state index in [-0.39, 0.29) is 11.4 Å². The normalized spacial score (nSPS) is 10.4. The van der Waals surface area contributed by atoms with Gasteiger partial charge in [0.15, 0.2) is 0 Å². The summed E-state index contributed by atoms with van der Waals surface area (Å²) in [6, 6.07) is 26.6. The molecule has 9 heteroatoms. The molecule has 0 aromatic heterocycles. The van der Waals surface area contributed by atoms with E-state index < -0.39 is 9.85 Å². The fourth-order valence-corrected chi connectivity index (χ4v) is 3.80. The smallest absolute Gasteiger partial charge is 0.269 e. The highest BCUT2D eigenvalue weighted by Crippen LogP contribution is 2.40. The number of nitrogens with zero attached hydrogens (tertiary/aromatic N) is 2. The second-order valence-corrected chi connectivity index (χ2v) is 7.85. The van der Waals surface area contributed by atoms with Gasteiger partial charge in [0, 0.05) is 29.2 Å². The van der Waals surface area contributed by atoms with Gasteiger partial charge in [0.1, 0.15) is 23.0 Å². The number of nitro groups is 2. The first-order valence-corrected chi connectivity index (χ1v) is 10.5. The van der Waals surface area contributed by atoms with Gasteiger partial charge in [-0.1, -0.05) is 30.0 Å². The highest BCUT2D eigenvalue weighted by atomic mass is 32.2. The summed E-state index contributed by atoms with van der Waals surface area (Å²) in [5.74, 6) is 1.99. The van der Waals surface area contributed by atoms with Crippen molar-refractivity contribution in [2.75, 3.05) is 0 Å². The van der Waals surface area contributed by atoms with Gasteiger partial charge in [0.05, 0.1) is 14.7 Å². The Labute approximate surface area is 192 Å². The Morgan fingerprint density at radius 1 is 0.606 bits per heavy atom. The summed E-state index contributed by atoms with van der Waals surface area (Å²) < 4.78 is 11.9. The maximum absolute atomic E-state index is 10.9. The number of non-ortho nitro benzene ring substituents is 2. The van der Waals surface area contributed by atoms with Crippen LogP contribution in [0, 0.1) is 20.2 Å². The standard InChI is InChI=1S/C24H16N2O6S/c27-25(28)17-6-10-19(11-7-17)31-21-14-15-23(24(16-21)33-22-4-2-1-3-5-22)32-20-12-8-18(9-13-20)26(29)30/h1-16H. The van der Waals surface area contributed by atoms with Gasteiger partial charge in [-0.05, 0) is 54.6 Å². The topological polar surface area (TPSA) is 105 Å². The minimum Gasteiger partial charge on any atom is -0.457 e. The fourth-order valence-electron chi connectivity index (χ4n) is 2.87. The number of rotatable bonds is 8. The molecule has 0 saturated heterocycles. The van der Waals surface area contributed by atoms with Crippen molar-refractivity contribution in [2.24, 2.45) is 0 Å². The molecule has 0 radical (unpaired) electrons. The lowest BCUT2D eigenvalue weighted by atomic mass is 10.3. The first kappa shape index (κ1) is 21.8. The molecule has 0 atom stereocenters. The van der Waals surface area contributed by atoms with Crippen molar-refractivity contribution in [3.8, 4) is 23.0 Å². The first-order valence-electron chi connectivity index (χ1n) is 9.69. The van der Waals surface area contributed by atoms with E-state index in [1.54, 1.807) is 18.2 Å². The van der Waals surface area contributed by atoms with E-state index in [4.69, 9.17) is 9.47 Å². The number of benzene rings is 4. The lowest BCUT2D eigenvalue weighted by molar-refractivity contribution is -0.385. The second kappa shape index (κ2) is 9.84. The molecule has 0 spiro atoms. The Hall–Kier alpha value is -4.37. The van der Waals surface area contributed by atoms with Crippen LogP contribution in [-0.4, -0.2) is 9.85 Å². The molecule has 0 aliphatic heterocycles. The number of nitro benzene ring substituents is 2. The van der Waals surface area contributed by atoms with E-state index in [0.29, 0.717) is 23.0 Å². The van der Waals surface area contributed by atoms with Crippen molar-refractivity contribution in [3.63, 3.8) is 0 Å². The summed E-state index contributed by atoms with van der Waals surface area (Å²) in [7, 11) is 0. The van der Waals surface area contributed by atoms with Crippen LogP contribution < -0.4 is 9.47 Å². The van der Waals surface area contributed by atoms with E-state index in [0.717, 1.165) is 9.79 Å². The lowest BCUT2D eigenvalue weighted by Gasteiger charge is -2.13. The Bertz CT molecular complexity index is 1280. The van der Waals surface area contributed by atoms with Crippen LogP contribution in [0.2, 0.25) is 0 Å². The zero-order valence-corrected chi connectivity index (χ0v) is 17.8. The van der Waals surface area contributed by atoms with Crippen molar-refractivity contribution >= 4 is 23.1 Å². The Morgan fingerprint density at radius 2 is 1.12 bits per heavy atom. The number of hydrogen-bond donors (Lipinski definition) is 0. The van der Waals surface area contributed by atoms with Crippen LogP contribution in [0.5, 0.6) is 23.0 Å². The lowest BCUT2D eigenvalue weighted by Crippen LogP contribution is -1.91. The summed E-state index contributed by atoms with van der Waals surface area (Å²) in [5, 5.41) is 21.7. The van der Waals surface area contributed by atoms with Crippen LogP contribution in [0.15, 0.2) is 107 Å². The van der Waals surface area contributed by atoms with E-state index >= 15 is 0 Å². The quantitative estimate of drug-likeness (QED) is 0.202. The second-order valence-electron chi connectivity index (χ2n) is 6.73. The van der Waals surface area contributed by atoms with E-state index in [1.165, 1.54) is 60.3 Å². The Balaban J connectivity index is 1.61. The molecule has 0 saturated carbocycles. The van der Waals surface area contributed by atoms with Crippen LogP contribution in [0.3, 0.4) is 0 Å². The molecule has 33 heavy (non-hydrogen) atoms. The van der Waals surface area contributed by atoms with Crippen molar-refractivity contribution in [1.29, 1.82) is 0 Å². The SMILES string of the molecule is O=[N+]([O-])c1ccc(Oc2ccc(Oc3ccc([N+](=O)[O-])cc3)c(Sc3ccccc3)c2)cc1. The average molecular weight is 460 g/mol. The third-order valence-corrected chi connectivity index (χ3v) is 5.49. The zero-order valence-electron chi connectivity index (χ0n) is 17.0. The van der Waals surface area contributed by atoms with Crippen LogP contribution in [0.1, 0.15) is 0 Å². The Morgan fingerprint density at radius 3 is 1.67 bits per heavy atom. The predicted molar refractivity (Wildman–Crippen MR) is 123 cm³/mol. The molecule has 0 heterocycles. The molecule has 0 unspecified atom stereocenters. The number of ether oxygens (including phenoxy) is 2. The molecule has 0 N–H and O–H groups in total. The molecular weight excluding hydrogens is 444 g/mol. The first-order chi connectivity index (χ1) is 16.0. The summed E-state index contributed by atoms with van der Waals surface area (Å²) in [6.07, 6.45) is 0. The molecule has 164 valence electrons. The molecule has 0 bridgehead atoms. The summed E-state index contributed by atoms with van der Waals surface area (Å²) >= 11 is 1.47. The zero-order chi connectivity index (χ0) is 23.2. The van der Waals surface area contributed by atoms with Crippen molar-refractivity contribution in [2.45, 2.75) is 9.79 Å². The minimum absolute atomic E-state index is 0.0190. The maximum atomic E-state index is 10.9. The van der Waals surface area contributed by atoms with E-state index in [2.05, 4.69) is 0 Å². The third kappa shape index (κ3) is 5.66. The van der Waals surface area contributed by atoms with Gasteiger partial charge in [0.2, 0.25) is 0 Å². The molecule has 4 rings (SSSR count). The molecule has 0 aliphatic carbocycles. The highest BCUT2D eigenvalue weighted by molar-refractivity contribution is 7.99. The summed E-state index contributed by atoms with van der Waals surface area (Å²) in [6.45, 7) is 0. The highest BCUT2D eigenvalue weighted by Gasteiger charge is 2.12. The maximum Gasteiger partial charge on any atom is 0.269 e. The van der Waals surface area contributed by atoms with Gasteiger partial charge < -0.3 is 9.47 Å². The van der Waals surface area contributed by atoms with Crippen molar-refractivity contribution in [3.05, 3.63) is 117 Å². The van der Waals surface area contributed by atoms with Gasteiger partial charge in [0.25, 0.3) is 11.4 Å². The predicted octanol–water partition coefficient (Wildman–Crippen LogP) is 7.24. The summed E-state index contributed by atoms with van der Waals surface area (Å²) in [4.78, 5) is 22.5. The van der Waals surface area contributed by atoms with E-state index in [1.807, 2.05) is 30.3 Å². The Kier molecular flexibility index (Phi) is 6.51. The molecule has 0 aliphatic rings. The van der Waals surface area contributed by atoms with Gasteiger partial charge >= 0.3 is 0 Å². The van der Waals surface area contributed by atoms with Gasteiger partial charge in [-0.15, -0.1) is 0 Å². The summed E-state index contributed by atoms with van der Waals surface area (Å²) in [5.41, 5.74) is -0.0393. The van der Waals surface area contributed by atoms with Crippen molar-refractivity contribution in [1.82, 2.24) is 0 Å². The van der Waals surface area contributed by atoms with Crippen LogP contribution in [0.25, 0.3) is 0 Å². The average Bonchev–Trinajstić information content (AvgIpc) is 2.82. The van der Waals surface area contributed by atoms with Crippen LogP contribution >= 0.6 is 11.8 Å². The molecule has 4 aromatic rings. The van der Waals surface area contributed by atoms with Gasteiger partial charge in [-0.25, -0.2) is 0 Å². The molecule has 0 amide bonds. The largest absolute Gasteiger partial charge is 0.457 e. The molecular formula is C24H16N2O6S. The molecule has 4 aromatic carbocycles. The molecule has 8 nitrogen and oxygen atoms in total.